The maximum atomic E-state index is 12.3. The molecule has 0 aliphatic carbocycles. The average molecular weight is 303 g/mol. The predicted octanol–water partition coefficient (Wildman–Crippen LogP) is 1.51. The minimum atomic E-state index is -0.231. The fraction of sp³-hybridized carbons (Fsp3) is 0.286. The van der Waals surface area contributed by atoms with Gasteiger partial charge in [0.1, 0.15) is 10.7 Å². The van der Waals surface area contributed by atoms with E-state index in [-0.39, 0.29) is 17.8 Å². The Balaban J connectivity index is 1.76. The number of carbonyl (C=O) groups excluding carboxylic acids is 1. The van der Waals surface area contributed by atoms with Gasteiger partial charge in [-0.2, -0.15) is 0 Å². The van der Waals surface area contributed by atoms with E-state index in [1.807, 2.05) is 30.3 Å². The molecule has 1 aliphatic heterocycles. The Morgan fingerprint density at radius 3 is 2.81 bits per heavy atom. The molecule has 1 aromatic carbocycles. The molecule has 3 rings (SSSR count). The van der Waals surface area contributed by atoms with Crippen LogP contribution in [0.3, 0.4) is 0 Å². The number of nitrogens with zero attached hydrogens (tertiary/aromatic N) is 2. The van der Waals surface area contributed by atoms with Gasteiger partial charge in [0.15, 0.2) is 5.13 Å². The van der Waals surface area contributed by atoms with Crippen molar-refractivity contribution in [3.63, 3.8) is 0 Å². The number of nitrogens with two attached hydrogens (primary N) is 2. The molecule has 7 heteroatoms. The van der Waals surface area contributed by atoms with Gasteiger partial charge in [0.2, 0.25) is 0 Å². The summed E-state index contributed by atoms with van der Waals surface area (Å²) in [6.07, 6.45) is 0.936. The summed E-state index contributed by atoms with van der Waals surface area (Å²) in [5.74, 6) is 0.0369. The summed E-state index contributed by atoms with van der Waals surface area (Å²) in [6, 6.07) is 9.44. The molecule has 1 aliphatic rings. The van der Waals surface area contributed by atoms with Crippen molar-refractivity contribution in [2.24, 2.45) is 5.73 Å². The monoisotopic (exact) mass is 303 g/mol. The van der Waals surface area contributed by atoms with E-state index in [0.29, 0.717) is 4.88 Å². The number of amides is 1. The standard InChI is InChI=1S/C14H17N5OS/c15-9-6-7-19(8-9)14-18-12(16)11(21-14)13(20)17-10-4-2-1-3-5-10/h1-5,9H,6-8,15-16H2,(H,17,20). The molecule has 1 aromatic heterocycles. The van der Waals surface area contributed by atoms with Crippen LogP contribution in [0.1, 0.15) is 16.1 Å². The highest BCUT2D eigenvalue weighted by Crippen LogP contribution is 2.30. The highest BCUT2D eigenvalue weighted by molar-refractivity contribution is 7.18. The summed E-state index contributed by atoms with van der Waals surface area (Å²) >= 11 is 1.31. The van der Waals surface area contributed by atoms with Gasteiger partial charge in [-0.1, -0.05) is 29.5 Å². The lowest BCUT2D eigenvalue weighted by atomic mass is 10.3. The smallest absolute Gasteiger partial charge is 0.269 e. The van der Waals surface area contributed by atoms with Gasteiger partial charge in [-0.3, -0.25) is 4.79 Å². The summed E-state index contributed by atoms with van der Waals surface area (Å²) in [6.45, 7) is 1.61. The van der Waals surface area contributed by atoms with Crippen LogP contribution >= 0.6 is 11.3 Å². The number of anilines is 3. The molecular weight excluding hydrogens is 286 g/mol. The van der Waals surface area contributed by atoms with Crippen molar-refractivity contribution in [2.45, 2.75) is 12.5 Å². The molecule has 0 spiro atoms. The maximum absolute atomic E-state index is 12.3. The first-order valence-corrected chi connectivity index (χ1v) is 7.58. The van der Waals surface area contributed by atoms with E-state index in [0.717, 1.165) is 30.3 Å². The van der Waals surface area contributed by atoms with Gasteiger partial charge in [-0.25, -0.2) is 4.98 Å². The van der Waals surface area contributed by atoms with Gasteiger partial charge < -0.3 is 21.7 Å². The third kappa shape index (κ3) is 2.98. The van der Waals surface area contributed by atoms with Crippen LogP contribution in [-0.2, 0) is 0 Å². The second kappa shape index (κ2) is 5.71. The number of aromatic nitrogens is 1. The van der Waals surface area contributed by atoms with Crippen molar-refractivity contribution in [1.82, 2.24) is 4.98 Å². The molecule has 1 saturated heterocycles. The van der Waals surface area contributed by atoms with E-state index in [2.05, 4.69) is 15.2 Å². The third-order valence-corrected chi connectivity index (χ3v) is 4.51. The van der Waals surface area contributed by atoms with Crippen LogP contribution in [0.2, 0.25) is 0 Å². The van der Waals surface area contributed by atoms with Gasteiger partial charge in [-0.15, -0.1) is 0 Å². The first-order chi connectivity index (χ1) is 10.1. The molecule has 2 heterocycles. The summed E-state index contributed by atoms with van der Waals surface area (Å²) < 4.78 is 0. The molecule has 0 bridgehead atoms. The fourth-order valence-corrected chi connectivity index (χ4v) is 3.20. The highest BCUT2D eigenvalue weighted by atomic mass is 32.1. The van der Waals surface area contributed by atoms with Crippen LogP contribution in [0.4, 0.5) is 16.6 Å². The van der Waals surface area contributed by atoms with Crippen LogP contribution < -0.4 is 21.7 Å². The highest BCUT2D eigenvalue weighted by Gasteiger charge is 2.24. The van der Waals surface area contributed by atoms with E-state index in [4.69, 9.17) is 11.5 Å². The number of benzene rings is 1. The van der Waals surface area contributed by atoms with E-state index < -0.39 is 0 Å². The lowest BCUT2D eigenvalue weighted by Gasteiger charge is -2.12. The van der Waals surface area contributed by atoms with Gasteiger partial charge in [0, 0.05) is 24.8 Å². The Hall–Kier alpha value is -2.12. The van der Waals surface area contributed by atoms with Crippen molar-refractivity contribution < 1.29 is 4.79 Å². The molecule has 5 N–H and O–H groups in total. The summed E-state index contributed by atoms with van der Waals surface area (Å²) in [5.41, 5.74) is 12.5. The molecule has 1 amide bonds. The maximum Gasteiger partial charge on any atom is 0.269 e. The van der Waals surface area contributed by atoms with Crippen molar-refractivity contribution in [1.29, 1.82) is 0 Å². The van der Waals surface area contributed by atoms with Gasteiger partial charge in [0.25, 0.3) is 5.91 Å². The Morgan fingerprint density at radius 2 is 2.14 bits per heavy atom. The molecule has 0 saturated carbocycles. The van der Waals surface area contributed by atoms with E-state index in [1.54, 1.807) is 0 Å². The quantitative estimate of drug-likeness (QED) is 0.798. The summed E-state index contributed by atoms with van der Waals surface area (Å²) in [7, 11) is 0. The predicted molar refractivity (Wildman–Crippen MR) is 85.7 cm³/mol. The Morgan fingerprint density at radius 1 is 1.38 bits per heavy atom. The van der Waals surface area contributed by atoms with Gasteiger partial charge in [-0.05, 0) is 18.6 Å². The first-order valence-electron chi connectivity index (χ1n) is 6.76. The molecule has 21 heavy (non-hydrogen) atoms. The zero-order chi connectivity index (χ0) is 14.8. The molecule has 1 atom stereocenters. The molecule has 0 radical (unpaired) electrons. The largest absolute Gasteiger partial charge is 0.382 e. The normalized spacial score (nSPS) is 18.0. The van der Waals surface area contributed by atoms with Crippen LogP contribution in [0.5, 0.6) is 0 Å². The Kier molecular flexibility index (Phi) is 3.76. The topological polar surface area (TPSA) is 97.3 Å². The number of hydrogen-bond acceptors (Lipinski definition) is 6. The minimum absolute atomic E-state index is 0.164. The first kappa shape index (κ1) is 13.8. The van der Waals surface area contributed by atoms with Crippen molar-refractivity contribution in [3.05, 3.63) is 35.2 Å². The minimum Gasteiger partial charge on any atom is -0.382 e. The van der Waals surface area contributed by atoms with Crippen molar-refractivity contribution >= 4 is 33.9 Å². The molecule has 6 nitrogen and oxygen atoms in total. The summed E-state index contributed by atoms with van der Waals surface area (Å²) in [5, 5.41) is 3.58. The van der Waals surface area contributed by atoms with Crippen molar-refractivity contribution in [2.75, 3.05) is 29.0 Å². The van der Waals surface area contributed by atoms with E-state index in [9.17, 15) is 4.79 Å². The Bertz CT molecular complexity index is 642. The number of nitrogen functional groups attached to an aromatic ring is 1. The van der Waals surface area contributed by atoms with Crippen LogP contribution in [0.15, 0.2) is 30.3 Å². The van der Waals surface area contributed by atoms with Gasteiger partial charge >= 0.3 is 0 Å². The fourth-order valence-electron chi connectivity index (χ4n) is 2.29. The number of nitrogens with one attached hydrogen (secondary N) is 1. The number of rotatable bonds is 3. The molecule has 1 fully saturated rings. The molecule has 2 aromatic rings. The van der Waals surface area contributed by atoms with Crippen LogP contribution in [0.25, 0.3) is 0 Å². The number of hydrogen-bond donors (Lipinski definition) is 3. The number of para-hydroxylation sites is 1. The lowest BCUT2D eigenvalue weighted by molar-refractivity contribution is 0.103. The molecule has 110 valence electrons. The number of carbonyl (C=O) groups is 1. The van der Waals surface area contributed by atoms with E-state index in [1.165, 1.54) is 11.3 Å². The zero-order valence-electron chi connectivity index (χ0n) is 11.5. The zero-order valence-corrected chi connectivity index (χ0v) is 12.3. The average Bonchev–Trinajstić information content (AvgIpc) is 3.06. The third-order valence-electron chi connectivity index (χ3n) is 3.38. The SMILES string of the molecule is Nc1nc(N2CCC(N)C2)sc1C(=O)Nc1ccccc1. The van der Waals surface area contributed by atoms with Crippen LogP contribution in [0, 0.1) is 0 Å². The summed E-state index contributed by atoms with van der Waals surface area (Å²) in [4.78, 5) is 19.1. The van der Waals surface area contributed by atoms with Crippen LogP contribution in [-0.4, -0.2) is 30.0 Å². The second-order valence-electron chi connectivity index (χ2n) is 5.03. The second-order valence-corrected chi connectivity index (χ2v) is 6.00. The van der Waals surface area contributed by atoms with E-state index >= 15 is 0 Å². The molecular formula is C14H17N5OS. The number of thiazole rings is 1. The Labute approximate surface area is 126 Å². The van der Waals surface area contributed by atoms with Gasteiger partial charge in [0.05, 0.1) is 0 Å². The molecule has 1 unspecified atom stereocenters. The lowest BCUT2D eigenvalue weighted by Crippen LogP contribution is -2.26. The van der Waals surface area contributed by atoms with Crippen molar-refractivity contribution in [3.8, 4) is 0 Å².